The van der Waals surface area contributed by atoms with E-state index in [-0.39, 0.29) is 30.0 Å². The first-order valence-electron chi connectivity index (χ1n) is 7.67. The lowest BCUT2D eigenvalue weighted by molar-refractivity contribution is -0.384. The summed E-state index contributed by atoms with van der Waals surface area (Å²) in [6.45, 7) is 4.35. The Morgan fingerprint density at radius 3 is 2.88 bits per heavy atom. The average Bonchev–Trinajstić information content (AvgIpc) is 2.91. The van der Waals surface area contributed by atoms with E-state index in [1.54, 1.807) is 25.0 Å². The number of ether oxygens (including phenoxy) is 1. The average molecular weight is 335 g/mol. The summed E-state index contributed by atoms with van der Waals surface area (Å²) < 4.78 is 5.05. The van der Waals surface area contributed by atoms with Crippen LogP contribution in [0.1, 0.15) is 18.9 Å². The van der Waals surface area contributed by atoms with Gasteiger partial charge in [0.2, 0.25) is 11.8 Å². The van der Waals surface area contributed by atoms with E-state index < -0.39 is 10.8 Å². The maximum atomic E-state index is 12.4. The van der Waals surface area contributed by atoms with Crippen LogP contribution in [0.4, 0.5) is 11.4 Å². The summed E-state index contributed by atoms with van der Waals surface area (Å²) >= 11 is 0. The molecular formula is C16H21N3O5. The number of benzene rings is 1. The highest BCUT2D eigenvalue weighted by Gasteiger charge is 2.36. The Balaban J connectivity index is 2.07. The summed E-state index contributed by atoms with van der Waals surface area (Å²) in [5, 5.41) is 13.6. The largest absolute Gasteiger partial charge is 0.383 e. The summed E-state index contributed by atoms with van der Waals surface area (Å²) in [5.41, 5.74) is 1.03. The number of nitrogens with one attached hydrogen (secondary N) is 1. The van der Waals surface area contributed by atoms with Gasteiger partial charge in [0.25, 0.3) is 5.69 Å². The molecule has 0 bridgehead atoms. The monoisotopic (exact) mass is 335 g/mol. The molecule has 2 atom stereocenters. The highest BCUT2D eigenvalue weighted by Crippen LogP contribution is 2.25. The Hall–Kier alpha value is -2.48. The number of aryl methyl sites for hydroxylation is 1. The summed E-state index contributed by atoms with van der Waals surface area (Å²) in [6, 6.07) is 4.20. The number of non-ortho nitro benzene ring substituents is 1. The molecule has 0 radical (unpaired) electrons. The molecule has 2 amide bonds. The molecule has 8 heteroatoms. The molecule has 1 saturated heterocycles. The van der Waals surface area contributed by atoms with Gasteiger partial charge in [-0.25, -0.2) is 0 Å². The van der Waals surface area contributed by atoms with E-state index in [0.717, 1.165) is 5.56 Å². The van der Waals surface area contributed by atoms with E-state index >= 15 is 0 Å². The number of likely N-dealkylation sites (tertiary alicyclic amines) is 1. The third kappa shape index (κ3) is 3.88. The lowest BCUT2D eigenvalue weighted by Crippen LogP contribution is -2.38. The molecule has 1 heterocycles. The fraction of sp³-hybridized carbons (Fsp3) is 0.500. The van der Waals surface area contributed by atoms with E-state index in [1.807, 2.05) is 6.92 Å². The van der Waals surface area contributed by atoms with Gasteiger partial charge in [-0.1, -0.05) is 6.07 Å². The summed E-state index contributed by atoms with van der Waals surface area (Å²) in [5.74, 6) is -0.870. The van der Waals surface area contributed by atoms with E-state index in [1.165, 1.54) is 12.1 Å². The van der Waals surface area contributed by atoms with Crippen LogP contribution < -0.4 is 5.32 Å². The van der Waals surface area contributed by atoms with Crippen molar-refractivity contribution in [1.82, 2.24) is 4.90 Å². The molecule has 0 saturated carbocycles. The van der Waals surface area contributed by atoms with Gasteiger partial charge in [-0.3, -0.25) is 19.7 Å². The van der Waals surface area contributed by atoms with Crippen molar-refractivity contribution < 1.29 is 19.2 Å². The maximum Gasteiger partial charge on any atom is 0.271 e. The summed E-state index contributed by atoms with van der Waals surface area (Å²) in [6.07, 6.45) is 0.133. The third-order valence-corrected chi connectivity index (χ3v) is 4.16. The van der Waals surface area contributed by atoms with Crippen LogP contribution in [-0.4, -0.2) is 47.9 Å². The van der Waals surface area contributed by atoms with Crippen LogP contribution in [0.15, 0.2) is 18.2 Å². The van der Waals surface area contributed by atoms with E-state index in [4.69, 9.17) is 4.74 Å². The number of rotatable bonds is 6. The van der Waals surface area contributed by atoms with Crippen LogP contribution in [0.5, 0.6) is 0 Å². The smallest absolute Gasteiger partial charge is 0.271 e. The highest BCUT2D eigenvalue weighted by atomic mass is 16.6. The van der Waals surface area contributed by atoms with Gasteiger partial charge in [-0.05, 0) is 19.4 Å². The van der Waals surface area contributed by atoms with E-state index in [0.29, 0.717) is 18.8 Å². The van der Waals surface area contributed by atoms with E-state index in [2.05, 4.69) is 5.32 Å². The fourth-order valence-corrected chi connectivity index (χ4v) is 2.76. The molecule has 1 N–H and O–H groups in total. The number of nitrogens with zero attached hydrogens (tertiary/aromatic N) is 2. The highest BCUT2D eigenvalue weighted by molar-refractivity contribution is 5.97. The van der Waals surface area contributed by atoms with Crippen molar-refractivity contribution in [3.8, 4) is 0 Å². The van der Waals surface area contributed by atoms with Gasteiger partial charge in [-0.2, -0.15) is 0 Å². The number of nitro benzene ring substituents is 1. The number of hydrogen-bond acceptors (Lipinski definition) is 5. The van der Waals surface area contributed by atoms with Crippen molar-refractivity contribution in [2.45, 2.75) is 26.3 Å². The van der Waals surface area contributed by atoms with Gasteiger partial charge in [-0.15, -0.1) is 0 Å². The van der Waals surface area contributed by atoms with Crippen LogP contribution in [0.3, 0.4) is 0 Å². The minimum atomic E-state index is -0.512. The zero-order chi connectivity index (χ0) is 17.9. The second-order valence-electron chi connectivity index (χ2n) is 6.00. The molecule has 24 heavy (non-hydrogen) atoms. The third-order valence-electron chi connectivity index (χ3n) is 4.16. The SMILES string of the molecule is COC[C@H](C)N1C[C@@H](C(=O)Nc2cc([N+](=O)[O-])ccc2C)CC1=O. The summed E-state index contributed by atoms with van der Waals surface area (Å²) in [7, 11) is 1.56. The molecule has 2 rings (SSSR count). The Labute approximate surface area is 139 Å². The Morgan fingerprint density at radius 2 is 2.25 bits per heavy atom. The first kappa shape index (κ1) is 17.9. The number of carbonyl (C=O) groups is 2. The maximum absolute atomic E-state index is 12.4. The van der Waals surface area contributed by atoms with Crippen molar-refractivity contribution in [1.29, 1.82) is 0 Å². The zero-order valence-corrected chi connectivity index (χ0v) is 13.9. The molecule has 0 unspecified atom stereocenters. The van der Waals surface area contributed by atoms with Crippen LogP contribution in [0.2, 0.25) is 0 Å². The van der Waals surface area contributed by atoms with Crippen LogP contribution in [0, 0.1) is 23.0 Å². The minimum absolute atomic E-state index is 0.0875. The fourth-order valence-electron chi connectivity index (χ4n) is 2.76. The second-order valence-corrected chi connectivity index (χ2v) is 6.00. The quantitative estimate of drug-likeness (QED) is 0.630. The topological polar surface area (TPSA) is 102 Å². The van der Waals surface area contributed by atoms with Gasteiger partial charge in [0.1, 0.15) is 0 Å². The number of anilines is 1. The molecule has 0 aliphatic carbocycles. The summed E-state index contributed by atoms with van der Waals surface area (Å²) in [4.78, 5) is 36.5. The van der Waals surface area contributed by atoms with Crippen LogP contribution in [0.25, 0.3) is 0 Å². The standard InChI is InChI=1S/C16H21N3O5/c1-10-4-5-13(19(22)23)7-14(10)17-16(21)12-6-15(20)18(8-12)11(2)9-24-3/h4-5,7,11-12H,6,8-9H2,1-3H3,(H,17,21)/t11-,12-/m0/s1. The van der Waals surface area contributed by atoms with Gasteiger partial charge in [0.05, 0.1) is 29.2 Å². The minimum Gasteiger partial charge on any atom is -0.383 e. The predicted octanol–water partition coefficient (Wildman–Crippen LogP) is 1.73. The van der Waals surface area contributed by atoms with Crippen molar-refractivity contribution >= 4 is 23.2 Å². The first-order valence-corrected chi connectivity index (χ1v) is 7.67. The molecule has 1 aromatic rings. The molecule has 1 fully saturated rings. The van der Waals surface area contributed by atoms with Crippen molar-refractivity contribution in [3.05, 3.63) is 33.9 Å². The lowest BCUT2D eigenvalue weighted by Gasteiger charge is -2.24. The first-order chi connectivity index (χ1) is 11.3. The normalized spacial score (nSPS) is 18.5. The number of carbonyl (C=O) groups excluding carboxylic acids is 2. The molecule has 1 aliphatic rings. The van der Waals surface area contributed by atoms with Crippen LogP contribution >= 0.6 is 0 Å². The molecule has 1 aliphatic heterocycles. The van der Waals surface area contributed by atoms with Gasteiger partial charge >= 0.3 is 0 Å². The molecule has 0 spiro atoms. The number of hydrogen-bond donors (Lipinski definition) is 1. The molecule has 8 nitrogen and oxygen atoms in total. The predicted molar refractivity (Wildman–Crippen MR) is 87.6 cm³/mol. The van der Waals surface area contributed by atoms with Gasteiger partial charge in [0.15, 0.2) is 0 Å². The molecule has 0 aromatic heterocycles. The van der Waals surface area contributed by atoms with Gasteiger partial charge in [0, 0.05) is 32.2 Å². The number of nitro groups is 1. The Morgan fingerprint density at radius 1 is 1.54 bits per heavy atom. The number of methoxy groups -OCH3 is 1. The Bertz CT molecular complexity index is 661. The molecule has 130 valence electrons. The lowest BCUT2D eigenvalue weighted by atomic mass is 10.1. The molecule has 1 aromatic carbocycles. The second kappa shape index (κ2) is 7.39. The van der Waals surface area contributed by atoms with Crippen molar-refractivity contribution in [2.75, 3.05) is 25.6 Å². The van der Waals surface area contributed by atoms with Gasteiger partial charge < -0.3 is 15.0 Å². The number of amides is 2. The van der Waals surface area contributed by atoms with Crippen LogP contribution in [-0.2, 0) is 14.3 Å². The zero-order valence-electron chi connectivity index (χ0n) is 13.9. The van der Waals surface area contributed by atoms with Crippen molar-refractivity contribution in [3.63, 3.8) is 0 Å². The van der Waals surface area contributed by atoms with E-state index in [9.17, 15) is 19.7 Å². The Kier molecular flexibility index (Phi) is 5.50. The molecular weight excluding hydrogens is 314 g/mol. The van der Waals surface area contributed by atoms with Crippen molar-refractivity contribution in [2.24, 2.45) is 5.92 Å².